The minimum Gasteiger partial charge on any atom is -0.493 e. The van der Waals surface area contributed by atoms with Crippen LogP contribution in [-0.2, 0) is 16.0 Å². The van der Waals surface area contributed by atoms with Crippen LogP contribution in [0.25, 0.3) is 17.2 Å². The molecule has 0 spiro atoms. The van der Waals surface area contributed by atoms with Crippen LogP contribution in [0.1, 0.15) is 36.1 Å². The number of esters is 1. The summed E-state index contributed by atoms with van der Waals surface area (Å²) < 4.78 is 38.3. The highest BCUT2D eigenvalue weighted by atomic mass is 16.6. The second-order valence-corrected chi connectivity index (χ2v) is 9.74. The maximum Gasteiger partial charge on any atom is 0.308 e. The van der Waals surface area contributed by atoms with Gasteiger partial charge in [-0.3, -0.25) is 14.4 Å². The monoisotopic (exact) mass is 605 g/mol. The highest BCUT2D eigenvalue weighted by Gasteiger charge is 2.29. The molecule has 1 aliphatic rings. The SMILES string of the molecule is COc1cc(/C=C/C(=O)NC2CCc3cc(OC)c(OC)c(OC)c3-c3ccc(OC)c(=O)cc32)cc(OC)c1OC(C)=O. The highest BCUT2D eigenvalue weighted by molar-refractivity contribution is 5.93. The molecule has 1 atom stereocenters. The summed E-state index contributed by atoms with van der Waals surface area (Å²) in [5.74, 6) is 1.26. The van der Waals surface area contributed by atoms with Crippen molar-refractivity contribution >= 4 is 18.0 Å². The lowest BCUT2D eigenvalue weighted by Gasteiger charge is -2.19. The fourth-order valence-corrected chi connectivity index (χ4v) is 5.25. The molecule has 1 N–H and O–H groups in total. The normalized spacial score (nSPS) is 13.6. The van der Waals surface area contributed by atoms with Gasteiger partial charge in [-0.05, 0) is 71.5 Å². The molecule has 0 heterocycles. The number of methoxy groups -OCH3 is 6. The number of fused-ring (bicyclic) bond motifs is 3. The molecule has 4 rings (SSSR count). The largest absolute Gasteiger partial charge is 0.493 e. The second-order valence-electron chi connectivity index (χ2n) is 9.74. The van der Waals surface area contributed by atoms with Crippen molar-refractivity contribution in [3.63, 3.8) is 0 Å². The molecule has 0 saturated carbocycles. The molecule has 0 bridgehead atoms. The van der Waals surface area contributed by atoms with Gasteiger partial charge in [0.05, 0.1) is 48.7 Å². The van der Waals surface area contributed by atoms with Crippen molar-refractivity contribution < 1.29 is 42.7 Å². The molecule has 11 heteroatoms. The molecule has 232 valence electrons. The van der Waals surface area contributed by atoms with E-state index in [2.05, 4.69) is 5.32 Å². The van der Waals surface area contributed by atoms with Crippen molar-refractivity contribution in [1.82, 2.24) is 5.32 Å². The molecule has 0 radical (unpaired) electrons. The molecule has 0 fully saturated rings. The average molecular weight is 606 g/mol. The van der Waals surface area contributed by atoms with Gasteiger partial charge in [0, 0.05) is 18.6 Å². The maximum atomic E-state index is 13.3. The lowest BCUT2D eigenvalue weighted by atomic mass is 9.95. The first-order valence-corrected chi connectivity index (χ1v) is 13.7. The molecule has 0 aromatic heterocycles. The maximum absolute atomic E-state index is 13.3. The Hall–Kier alpha value is -5.19. The van der Waals surface area contributed by atoms with Gasteiger partial charge < -0.3 is 38.5 Å². The molecule has 3 aromatic rings. The lowest BCUT2D eigenvalue weighted by Crippen LogP contribution is -2.27. The number of ether oxygens (including phenoxy) is 7. The van der Waals surface area contributed by atoms with E-state index in [0.717, 1.165) is 11.1 Å². The van der Waals surface area contributed by atoms with Gasteiger partial charge in [-0.2, -0.15) is 0 Å². The van der Waals surface area contributed by atoms with Gasteiger partial charge in [-0.15, -0.1) is 0 Å². The van der Waals surface area contributed by atoms with Gasteiger partial charge in [-0.25, -0.2) is 0 Å². The Morgan fingerprint density at radius 3 is 1.95 bits per heavy atom. The molecule has 44 heavy (non-hydrogen) atoms. The van der Waals surface area contributed by atoms with Crippen LogP contribution in [0.2, 0.25) is 0 Å². The first kappa shape index (κ1) is 31.7. The van der Waals surface area contributed by atoms with Gasteiger partial charge in [0.25, 0.3) is 0 Å². The van der Waals surface area contributed by atoms with Crippen molar-refractivity contribution in [1.29, 1.82) is 0 Å². The molecule has 0 saturated heterocycles. The predicted molar refractivity (Wildman–Crippen MR) is 163 cm³/mol. The first-order chi connectivity index (χ1) is 21.2. The molecule has 3 aromatic carbocycles. The Bertz CT molecular complexity index is 1640. The first-order valence-electron chi connectivity index (χ1n) is 13.7. The molecule has 1 unspecified atom stereocenters. The highest BCUT2D eigenvalue weighted by Crippen LogP contribution is 2.50. The van der Waals surface area contributed by atoms with Crippen LogP contribution in [0.5, 0.6) is 40.2 Å². The van der Waals surface area contributed by atoms with Crippen molar-refractivity contribution in [3.05, 3.63) is 69.4 Å². The Balaban J connectivity index is 1.76. The van der Waals surface area contributed by atoms with Crippen LogP contribution in [0.3, 0.4) is 0 Å². The summed E-state index contributed by atoms with van der Waals surface area (Å²) in [6, 6.07) is 9.44. The minimum atomic E-state index is -0.545. The smallest absolute Gasteiger partial charge is 0.308 e. The van der Waals surface area contributed by atoms with E-state index in [1.807, 2.05) is 6.07 Å². The van der Waals surface area contributed by atoms with Crippen LogP contribution in [0, 0.1) is 0 Å². The summed E-state index contributed by atoms with van der Waals surface area (Å²) in [7, 11) is 8.91. The minimum absolute atomic E-state index is 0.138. The molecular formula is C33H35NO10. The number of benzene rings is 2. The third-order valence-corrected chi connectivity index (χ3v) is 7.19. The molecule has 0 aliphatic heterocycles. The Kier molecular flexibility index (Phi) is 9.99. The summed E-state index contributed by atoms with van der Waals surface area (Å²) in [6.07, 6.45) is 3.96. The van der Waals surface area contributed by atoms with Crippen LogP contribution >= 0.6 is 0 Å². The molecule has 11 nitrogen and oxygen atoms in total. The third kappa shape index (κ3) is 6.41. The number of hydrogen-bond acceptors (Lipinski definition) is 10. The molecule has 1 amide bonds. The van der Waals surface area contributed by atoms with Crippen molar-refractivity contribution in [3.8, 4) is 51.4 Å². The summed E-state index contributed by atoms with van der Waals surface area (Å²) in [5.41, 5.74) is 3.15. The zero-order chi connectivity index (χ0) is 32.0. The second kappa shape index (κ2) is 13.9. The van der Waals surface area contributed by atoms with E-state index in [1.54, 1.807) is 37.5 Å². The van der Waals surface area contributed by atoms with Crippen molar-refractivity contribution in [2.24, 2.45) is 0 Å². The zero-order valence-corrected chi connectivity index (χ0v) is 25.7. The number of hydrogen-bond donors (Lipinski definition) is 1. The van der Waals surface area contributed by atoms with Gasteiger partial charge in [0.2, 0.25) is 22.8 Å². The third-order valence-electron chi connectivity index (χ3n) is 7.19. The molecule has 1 aliphatic carbocycles. The lowest BCUT2D eigenvalue weighted by molar-refractivity contribution is -0.132. The number of aryl methyl sites for hydroxylation is 1. The van der Waals surface area contributed by atoms with E-state index in [-0.39, 0.29) is 28.4 Å². The summed E-state index contributed by atoms with van der Waals surface area (Å²) in [5, 5.41) is 3.05. The van der Waals surface area contributed by atoms with E-state index < -0.39 is 17.9 Å². The summed E-state index contributed by atoms with van der Waals surface area (Å²) in [4.78, 5) is 38.0. The van der Waals surface area contributed by atoms with E-state index in [0.29, 0.717) is 46.8 Å². The van der Waals surface area contributed by atoms with Crippen LogP contribution < -0.4 is 43.9 Å². The van der Waals surface area contributed by atoms with E-state index in [1.165, 1.54) is 54.6 Å². The van der Waals surface area contributed by atoms with Gasteiger partial charge in [0.15, 0.2) is 28.7 Å². The Morgan fingerprint density at radius 1 is 0.773 bits per heavy atom. The average Bonchev–Trinajstić information content (AvgIpc) is 3.26. The number of rotatable bonds is 10. The van der Waals surface area contributed by atoms with Gasteiger partial charge in [0.1, 0.15) is 0 Å². The fourth-order valence-electron chi connectivity index (χ4n) is 5.25. The van der Waals surface area contributed by atoms with E-state index in [9.17, 15) is 14.4 Å². The number of nitrogens with one attached hydrogen (secondary N) is 1. The molecular weight excluding hydrogens is 570 g/mol. The Morgan fingerprint density at radius 2 is 1.39 bits per heavy atom. The number of amides is 1. The fraction of sp³-hybridized carbons (Fsp3) is 0.303. The summed E-state index contributed by atoms with van der Waals surface area (Å²) in [6.45, 7) is 1.27. The van der Waals surface area contributed by atoms with Gasteiger partial charge >= 0.3 is 5.97 Å². The Labute approximate surface area is 255 Å². The van der Waals surface area contributed by atoms with E-state index >= 15 is 0 Å². The van der Waals surface area contributed by atoms with Crippen LogP contribution in [0.15, 0.2) is 47.3 Å². The van der Waals surface area contributed by atoms with Crippen LogP contribution in [-0.4, -0.2) is 54.5 Å². The number of carbonyl (C=O) groups is 2. The van der Waals surface area contributed by atoms with Gasteiger partial charge in [-0.1, -0.05) is 6.07 Å². The standard InChI is InChI=1S/C33H35NO10/c1-18(35)44-31-26(39-3)14-19(15-27(31)40-4)8-13-29(37)34-23-11-9-20-16-28(41-5)32(42-6)33(43-7)30(20)21-10-12-25(38-2)24(36)17-22(21)23/h8,10,12-17,23H,9,11H2,1-7H3,(H,34,37)/b13-8+. The quantitative estimate of drug-likeness (QED) is 0.200. The van der Waals surface area contributed by atoms with E-state index in [4.69, 9.17) is 33.2 Å². The summed E-state index contributed by atoms with van der Waals surface area (Å²) >= 11 is 0. The predicted octanol–water partition coefficient (Wildman–Crippen LogP) is 4.51. The van der Waals surface area contributed by atoms with Crippen molar-refractivity contribution in [2.45, 2.75) is 25.8 Å². The number of carbonyl (C=O) groups excluding carboxylic acids is 2. The zero-order valence-electron chi connectivity index (χ0n) is 25.7. The van der Waals surface area contributed by atoms with Crippen molar-refractivity contribution in [2.75, 3.05) is 42.7 Å². The topological polar surface area (TPSA) is 128 Å². The van der Waals surface area contributed by atoms with Crippen LogP contribution in [0.4, 0.5) is 0 Å².